The van der Waals surface area contributed by atoms with E-state index in [9.17, 15) is 0 Å². The lowest BCUT2D eigenvalue weighted by molar-refractivity contribution is 0.571. The molecule has 98 valence electrons. The van der Waals surface area contributed by atoms with E-state index in [-0.39, 0.29) is 0 Å². The molecule has 0 radical (unpaired) electrons. The van der Waals surface area contributed by atoms with Gasteiger partial charge in [-0.1, -0.05) is 30.3 Å². The second kappa shape index (κ2) is 5.93. The lowest BCUT2D eigenvalue weighted by Crippen LogP contribution is -2.25. The van der Waals surface area contributed by atoms with Crippen molar-refractivity contribution >= 4 is 0 Å². The minimum atomic E-state index is 0.471. The molecule has 3 nitrogen and oxygen atoms in total. The fourth-order valence-corrected chi connectivity index (χ4v) is 2.32. The fraction of sp³-hybridized carbons (Fsp3) is 0.375. The normalized spacial score (nSPS) is 16.2. The molecule has 3 heteroatoms. The lowest BCUT2D eigenvalue weighted by Gasteiger charge is -2.17. The summed E-state index contributed by atoms with van der Waals surface area (Å²) in [7, 11) is 0. The van der Waals surface area contributed by atoms with Crippen molar-refractivity contribution in [3.8, 4) is 0 Å². The van der Waals surface area contributed by atoms with E-state index in [2.05, 4.69) is 45.6 Å². The molecule has 0 aliphatic heterocycles. The highest BCUT2D eigenvalue weighted by molar-refractivity contribution is 5.21. The van der Waals surface area contributed by atoms with Crippen LogP contribution in [0.3, 0.4) is 0 Å². The Morgan fingerprint density at radius 2 is 2.00 bits per heavy atom. The number of rotatable bonds is 6. The molecule has 2 aromatic rings. The molecule has 0 amide bonds. The molecule has 1 aliphatic carbocycles. The van der Waals surface area contributed by atoms with Crippen molar-refractivity contribution < 1.29 is 0 Å². The lowest BCUT2D eigenvalue weighted by atomic mass is 9.94. The molecule has 0 bridgehead atoms. The zero-order valence-electron chi connectivity index (χ0n) is 11.0. The van der Waals surface area contributed by atoms with Gasteiger partial charge in [-0.15, -0.1) is 0 Å². The summed E-state index contributed by atoms with van der Waals surface area (Å²) in [6.07, 6.45) is 8.96. The van der Waals surface area contributed by atoms with E-state index in [1.807, 2.05) is 6.20 Å². The first-order chi connectivity index (χ1) is 9.42. The zero-order chi connectivity index (χ0) is 12.9. The Kier molecular flexibility index (Phi) is 3.84. The Bertz CT molecular complexity index is 494. The maximum absolute atomic E-state index is 4.40. The average Bonchev–Trinajstić information content (AvgIpc) is 3.30. The van der Waals surface area contributed by atoms with Crippen LogP contribution in [0, 0.1) is 0 Å². The smallest absolute Gasteiger partial charge is 0.0593 e. The number of hydrogen-bond donors (Lipinski definition) is 1. The van der Waals surface area contributed by atoms with Crippen LogP contribution in [0.1, 0.15) is 30.0 Å². The summed E-state index contributed by atoms with van der Waals surface area (Å²) in [6.45, 7) is 1.02. The topological polar surface area (TPSA) is 37.8 Å². The predicted molar refractivity (Wildman–Crippen MR) is 75.9 cm³/mol. The van der Waals surface area contributed by atoms with Crippen LogP contribution in [-0.2, 0) is 6.42 Å². The Hall–Kier alpha value is -1.74. The summed E-state index contributed by atoms with van der Waals surface area (Å²) in [5.74, 6) is 0.471. The summed E-state index contributed by atoms with van der Waals surface area (Å²) >= 11 is 0. The maximum atomic E-state index is 4.40. The van der Waals surface area contributed by atoms with E-state index in [4.69, 9.17) is 0 Å². The van der Waals surface area contributed by atoms with Gasteiger partial charge in [0.2, 0.25) is 0 Å². The molecule has 1 fully saturated rings. The first-order valence-electron chi connectivity index (χ1n) is 6.95. The molecule has 3 rings (SSSR count). The fourth-order valence-electron chi connectivity index (χ4n) is 2.32. The number of benzene rings is 1. The van der Waals surface area contributed by atoms with E-state index in [1.54, 1.807) is 12.4 Å². The second-order valence-corrected chi connectivity index (χ2v) is 5.19. The van der Waals surface area contributed by atoms with Crippen LogP contribution < -0.4 is 5.32 Å². The van der Waals surface area contributed by atoms with Crippen LogP contribution in [0.15, 0.2) is 48.9 Å². The average molecular weight is 253 g/mol. The molecular weight excluding hydrogens is 234 g/mol. The molecule has 0 saturated heterocycles. The monoisotopic (exact) mass is 253 g/mol. The molecular formula is C16H19N3. The number of nitrogens with zero attached hydrogens (tertiary/aromatic N) is 2. The van der Waals surface area contributed by atoms with Crippen molar-refractivity contribution in [1.29, 1.82) is 0 Å². The van der Waals surface area contributed by atoms with E-state index in [1.165, 1.54) is 18.4 Å². The molecule has 1 aromatic carbocycles. The van der Waals surface area contributed by atoms with Gasteiger partial charge in [-0.25, -0.2) is 0 Å². The van der Waals surface area contributed by atoms with Gasteiger partial charge in [-0.3, -0.25) is 9.97 Å². The zero-order valence-corrected chi connectivity index (χ0v) is 11.0. The summed E-state index contributed by atoms with van der Waals surface area (Å²) in [5, 5.41) is 3.63. The third kappa shape index (κ3) is 3.61. The van der Waals surface area contributed by atoms with Crippen LogP contribution in [0.5, 0.6) is 0 Å². The number of nitrogens with one attached hydrogen (secondary N) is 1. The third-order valence-corrected chi connectivity index (χ3v) is 3.57. The van der Waals surface area contributed by atoms with Crippen molar-refractivity contribution in [2.24, 2.45) is 0 Å². The van der Waals surface area contributed by atoms with Crippen LogP contribution >= 0.6 is 0 Å². The van der Waals surface area contributed by atoms with E-state index >= 15 is 0 Å². The largest absolute Gasteiger partial charge is 0.313 e. The van der Waals surface area contributed by atoms with Crippen molar-refractivity contribution in [2.45, 2.75) is 31.2 Å². The van der Waals surface area contributed by atoms with Crippen molar-refractivity contribution in [1.82, 2.24) is 15.3 Å². The van der Waals surface area contributed by atoms with Gasteiger partial charge in [0.25, 0.3) is 0 Å². The van der Waals surface area contributed by atoms with Crippen LogP contribution in [0.25, 0.3) is 0 Å². The summed E-state index contributed by atoms with van der Waals surface area (Å²) in [5.41, 5.74) is 2.44. The highest BCUT2D eigenvalue weighted by Gasteiger charge is 2.22. The SMILES string of the molecule is c1ccc(C(CNC2CC2)Cc2cnccn2)cc1. The quantitative estimate of drug-likeness (QED) is 0.859. The van der Waals surface area contributed by atoms with Gasteiger partial charge in [0.15, 0.2) is 0 Å². The van der Waals surface area contributed by atoms with Crippen molar-refractivity contribution in [2.75, 3.05) is 6.54 Å². The van der Waals surface area contributed by atoms with Gasteiger partial charge >= 0.3 is 0 Å². The summed E-state index contributed by atoms with van der Waals surface area (Å²) < 4.78 is 0. The van der Waals surface area contributed by atoms with E-state index in [0.717, 1.165) is 24.7 Å². The summed E-state index contributed by atoms with van der Waals surface area (Å²) in [4.78, 5) is 8.55. The number of aromatic nitrogens is 2. The first-order valence-corrected chi connectivity index (χ1v) is 6.95. The molecule has 19 heavy (non-hydrogen) atoms. The molecule has 1 atom stereocenters. The van der Waals surface area contributed by atoms with Crippen LogP contribution in [0.4, 0.5) is 0 Å². The van der Waals surface area contributed by atoms with Crippen LogP contribution in [0.2, 0.25) is 0 Å². The summed E-state index contributed by atoms with van der Waals surface area (Å²) in [6, 6.07) is 11.4. The highest BCUT2D eigenvalue weighted by atomic mass is 14.9. The van der Waals surface area contributed by atoms with Gasteiger partial charge in [0, 0.05) is 37.1 Å². The van der Waals surface area contributed by atoms with Gasteiger partial charge in [-0.2, -0.15) is 0 Å². The van der Waals surface area contributed by atoms with Crippen LogP contribution in [-0.4, -0.2) is 22.6 Å². The van der Waals surface area contributed by atoms with Gasteiger partial charge < -0.3 is 5.32 Å². The molecule has 1 N–H and O–H groups in total. The Morgan fingerprint density at radius 3 is 2.68 bits per heavy atom. The van der Waals surface area contributed by atoms with E-state index < -0.39 is 0 Å². The molecule has 1 saturated carbocycles. The highest BCUT2D eigenvalue weighted by Crippen LogP contribution is 2.23. The molecule has 0 spiro atoms. The predicted octanol–water partition coefficient (Wildman–Crippen LogP) is 2.55. The molecule has 1 unspecified atom stereocenters. The molecule has 1 heterocycles. The van der Waals surface area contributed by atoms with Crippen molar-refractivity contribution in [3.63, 3.8) is 0 Å². The standard InChI is InChI=1S/C16H19N3/c1-2-4-13(5-3-1)14(11-19-15-6-7-15)10-16-12-17-8-9-18-16/h1-5,8-9,12,14-15,19H,6-7,10-11H2. The maximum Gasteiger partial charge on any atom is 0.0593 e. The Balaban J connectivity index is 1.71. The first kappa shape index (κ1) is 12.3. The Morgan fingerprint density at radius 1 is 1.16 bits per heavy atom. The third-order valence-electron chi connectivity index (χ3n) is 3.57. The van der Waals surface area contributed by atoms with Gasteiger partial charge in [0.05, 0.1) is 5.69 Å². The second-order valence-electron chi connectivity index (χ2n) is 5.19. The Labute approximate surface area is 114 Å². The van der Waals surface area contributed by atoms with Crippen molar-refractivity contribution in [3.05, 3.63) is 60.2 Å². The minimum absolute atomic E-state index is 0.471. The minimum Gasteiger partial charge on any atom is -0.313 e. The number of hydrogen-bond acceptors (Lipinski definition) is 3. The molecule has 1 aliphatic rings. The van der Waals surface area contributed by atoms with Gasteiger partial charge in [-0.05, 0) is 24.8 Å². The van der Waals surface area contributed by atoms with E-state index in [0.29, 0.717) is 5.92 Å². The molecule has 1 aromatic heterocycles. The van der Waals surface area contributed by atoms with Gasteiger partial charge in [0.1, 0.15) is 0 Å².